The van der Waals surface area contributed by atoms with Crippen molar-refractivity contribution >= 4 is 47.3 Å². The predicted molar refractivity (Wildman–Crippen MR) is 119 cm³/mol. The third-order valence-corrected chi connectivity index (χ3v) is 4.54. The van der Waals surface area contributed by atoms with Crippen LogP contribution in [0.15, 0.2) is 47.6 Å². The van der Waals surface area contributed by atoms with Gasteiger partial charge in [-0.3, -0.25) is 9.39 Å². The molecular formula is C18H22FIN6S. The van der Waals surface area contributed by atoms with Gasteiger partial charge in [0.2, 0.25) is 0 Å². The molecule has 0 atom stereocenters. The average molecular weight is 500 g/mol. The molecule has 0 radical (unpaired) electrons. The summed E-state index contributed by atoms with van der Waals surface area (Å²) in [5.41, 5.74) is 2.85. The van der Waals surface area contributed by atoms with Gasteiger partial charge in [-0.2, -0.15) is 11.8 Å². The predicted octanol–water partition coefficient (Wildman–Crippen LogP) is 3.21. The normalized spacial score (nSPS) is 11.3. The van der Waals surface area contributed by atoms with Gasteiger partial charge in [0.25, 0.3) is 0 Å². The molecule has 0 unspecified atom stereocenters. The number of benzene rings is 1. The van der Waals surface area contributed by atoms with Crippen LogP contribution in [0, 0.1) is 5.82 Å². The first kappa shape index (κ1) is 21.4. The van der Waals surface area contributed by atoms with E-state index in [0.29, 0.717) is 19.0 Å². The number of hydrogen-bond acceptors (Lipinski definition) is 4. The first-order valence-electron chi connectivity index (χ1n) is 8.20. The number of nitrogens with one attached hydrogen (secondary N) is 2. The van der Waals surface area contributed by atoms with Crippen molar-refractivity contribution in [2.75, 3.05) is 13.3 Å². The summed E-state index contributed by atoms with van der Waals surface area (Å²) >= 11 is 1.67. The van der Waals surface area contributed by atoms with E-state index in [4.69, 9.17) is 0 Å². The first-order chi connectivity index (χ1) is 12.7. The molecular weight excluding hydrogens is 478 g/mol. The molecule has 0 aliphatic carbocycles. The van der Waals surface area contributed by atoms with Crippen LogP contribution >= 0.6 is 35.7 Å². The van der Waals surface area contributed by atoms with Crippen LogP contribution in [0.3, 0.4) is 0 Å². The maximum Gasteiger partial charge on any atom is 0.191 e. The number of aliphatic imine (C=N–C) groups is 1. The molecule has 144 valence electrons. The van der Waals surface area contributed by atoms with E-state index >= 15 is 0 Å². The number of fused-ring (bicyclic) bond motifs is 1. The number of guanidine groups is 1. The van der Waals surface area contributed by atoms with Crippen LogP contribution in [0.2, 0.25) is 0 Å². The molecule has 2 N–H and O–H groups in total. The van der Waals surface area contributed by atoms with Gasteiger partial charge in [0, 0.05) is 25.5 Å². The SMILES string of the molecule is CN=C(NCc1ccc(F)cc1CSC)NCc1nnc2ccccn12.I. The maximum absolute atomic E-state index is 13.5. The van der Waals surface area contributed by atoms with Crippen molar-refractivity contribution in [1.29, 1.82) is 0 Å². The lowest BCUT2D eigenvalue weighted by molar-refractivity contribution is 0.625. The van der Waals surface area contributed by atoms with Crippen molar-refractivity contribution < 1.29 is 4.39 Å². The van der Waals surface area contributed by atoms with Gasteiger partial charge < -0.3 is 10.6 Å². The highest BCUT2D eigenvalue weighted by atomic mass is 127. The molecule has 2 aromatic heterocycles. The van der Waals surface area contributed by atoms with Crippen molar-refractivity contribution in [3.05, 3.63) is 65.4 Å². The summed E-state index contributed by atoms with van der Waals surface area (Å²) in [5.74, 6) is 2.01. The molecule has 0 aliphatic heterocycles. The molecule has 0 saturated heterocycles. The number of rotatable bonds is 6. The van der Waals surface area contributed by atoms with Gasteiger partial charge in [-0.05, 0) is 41.6 Å². The van der Waals surface area contributed by atoms with E-state index in [-0.39, 0.29) is 29.8 Å². The Balaban J connectivity index is 0.00000261. The fourth-order valence-electron chi connectivity index (χ4n) is 2.63. The monoisotopic (exact) mass is 500 g/mol. The highest BCUT2D eigenvalue weighted by molar-refractivity contribution is 14.0. The zero-order chi connectivity index (χ0) is 18.4. The second-order valence-electron chi connectivity index (χ2n) is 5.67. The molecule has 27 heavy (non-hydrogen) atoms. The fourth-order valence-corrected chi connectivity index (χ4v) is 3.21. The van der Waals surface area contributed by atoms with E-state index in [2.05, 4.69) is 25.8 Å². The molecule has 0 spiro atoms. The van der Waals surface area contributed by atoms with Crippen LogP contribution in [-0.4, -0.2) is 33.9 Å². The molecule has 3 rings (SSSR count). The molecule has 2 heterocycles. The third-order valence-electron chi connectivity index (χ3n) is 3.94. The largest absolute Gasteiger partial charge is 0.352 e. The van der Waals surface area contributed by atoms with Crippen LogP contribution in [0.1, 0.15) is 17.0 Å². The summed E-state index contributed by atoms with van der Waals surface area (Å²) in [6.45, 7) is 1.06. The number of nitrogens with zero attached hydrogens (tertiary/aromatic N) is 4. The molecule has 0 aliphatic rings. The van der Waals surface area contributed by atoms with Crippen LogP contribution < -0.4 is 10.6 Å². The van der Waals surface area contributed by atoms with Crippen LogP contribution in [0.25, 0.3) is 5.65 Å². The quantitative estimate of drug-likeness (QED) is 0.309. The first-order valence-corrected chi connectivity index (χ1v) is 9.60. The molecule has 9 heteroatoms. The number of thioether (sulfide) groups is 1. The molecule has 0 fully saturated rings. The Morgan fingerprint density at radius 3 is 2.74 bits per heavy atom. The second-order valence-corrected chi connectivity index (χ2v) is 6.54. The zero-order valence-electron chi connectivity index (χ0n) is 15.1. The lowest BCUT2D eigenvalue weighted by atomic mass is 10.1. The Bertz CT molecular complexity index is 914. The summed E-state index contributed by atoms with van der Waals surface area (Å²) in [6, 6.07) is 10.7. The van der Waals surface area contributed by atoms with Gasteiger partial charge in [-0.25, -0.2) is 4.39 Å². The Morgan fingerprint density at radius 2 is 1.96 bits per heavy atom. The molecule has 0 bridgehead atoms. The zero-order valence-corrected chi connectivity index (χ0v) is 18.3. The van der Waals surface area contributed by atoms with E-state index < -0.39 is 0 Å². The van der Waals surface area contributed by atoms with E-state index in [9.17, 15) is 4.39 Å². The molecule has 0 amide bonds. The fraction of sp³-hybridized carbons (Fsp3) is 0.278. The molecule has 1 aromatic carbocycles. The van der Waals surface area contributed by atoms with E-state index in [1.165, 1.54) is 6.07 Å². The second kappa shape index (κ2) is 10.5. The number of halogens is 2. The van der Waals surface area contributed by atoms with E-state index in [0.717, 1.165) is 28.4 Å². The van der Waals surface area contributed by atoms with Gasteiger partial charge in [0.1, 0.15) is 5.82 Å². The molecule has 3 aromatic rings. The van der Waals surface area contributed by atoms with Crippen molar-refractivity contribution in [2.24, 2.45) is 4.99 Å². The van der Waals surface area contributed by atoms with Gasteiger partial charge in [-0.15, -0.1) is 34.2 Å². The highest BCUT2D eigenvalue weighted by Gasteiger charge is 2.08. The van der Waals surface area contributed by atoms with Crippen molar-refractivity contribution in [2.45, 2.75) is 18.8 Å². The lowest BCUT2D eigenvalue weighted by Gasteiger charge is -2.14. The van der Waals surface area contributed by atoms with Gasteiger partial charge in [-0.1, -0.05) is 12.1 Å². The van der Waals surface area contributed by atoms with Crippen molar-refractivity contribution in [3.63, 3.8) is 0 Å². The Labute approximate surface area is 179 Å². The van der Waals surface area contributed by atoms with Gasteiger partial charge in [0.15, 0.2) is 17.4 Å². The van der Waals surface area contributed by atoms with Crippen LogP contribution in [0.5, 0.6) is 0 Å². The smallest absolute Gasteiger partial charge is 0.191 e. The summed E-state index contributed by atoms with van der Waals surface area (Å²) in [6.07, 6.45) is 3.93. The third kappa shape index (κ3) is 5.55. The Hall–Kier alpha value is -1.88. The van der Waals surface area contributed by atoms with Crippen LogP contribution in [0.4, 0.5) is 4.39 Å². The summed E-state index contributed by atoms with van der Waals surface area (Å²) in [5, 5.41) is 14.8. The highest BCUT2D eigenvalue weighted by Crippen LogP contribution is 2.16. The van der Waals surface area contributed by atoms with E-state index in [1.807, 2.05) is 41.1 Å². The summed E-state index contributed by atoms with van der Waals surface area (Å²) < 4.78 is 15.4. The van der Waals surface area contributed by atoms with Crippen LogP contribution in [-0.2, 0) is 18.8 Å². The number of pyridine rings is 1. The Morgan fingerprint density at radius 1 is 1.15 bits per heavy atom. The lowest BCUT2D eigenvalue weighted by Crippen LogP contribution is -2.37. The summed E-state index contributed by atoms with van der Waals surface area (Å²) in [7, 11) is 1.71. The average Bonchev–Trinajstić information content (AvgIpc) is 3.07. The van der Waals surface area contributed by atoms with E-state index in [1.54, 1.807) is 24.9 Å². The Kier molecular flexibility index (Phi) is 8.29. The van der Waals surface area contributed by atoms with Crippen molar-refractivity contribution in [3.8, 4) is 0 Å². The van der Waals surface area contributed by atoms with Gasteiger partial charge in [0.05, 0.1) is 6.54 Å². The number of aromatic nitrogens is 3. The summed E-state index contributed by atoms with van der Waals surface area (Å²) in [4.78, 5) is 4.23. The van der Waals surface area contributed by atoms with Crippen molar-refractivity contribution in [1.82, 2.24) is 25.2 Å². The minimum Gasteiger partial charge on any atom is -0.352 e. The maximum atomic E-state index is 13.5. The minimum absolute atomic E-state index is 0. The standard InChI is InChI=1S/C18H21FN6S.HI/c1-20-18(21-10-13-6-7-15(19)9-14(13)12-26-2)22-11-17-24-23-16-5-3-4-8-25(16)17;/h3-9H,10-12H2,1-2H3,(H2,20,21,22);1H. The number of hydrogen-bond donors (Lipinski definition) is 2. The molecule has 0 saturated carbocycles. The topological polar surface area (TPSA) is 66.6 Å². The minimum atomic E-state index is -0.209. The van der Waals surface area contributed by atoms with Gasteiger partial charge >= 0.3 is 0 Å². The molecule has 6 nitrogen and oxygen atoms in total.